The van der Waals surface area contributed by atoms with Gasteiger partial charge in [0.15, 0.2) is 11.5 Å². The Balaban J connectivity index is 0.00000111. The fourth-order valence-corrected chi connectivity index (χ4v) is 5.38. The van der Waals surface area contributed by atoms with Crippen LogP contribution in [0.5, 0.6) is 17.2 Å². The fourth-order valence-electron chi connectivity index (χ4n) is 4.84. The summed E-state index contributed by atoms with van der Waals surface area (Å²) in [5, 5.41) is 0. The molecule has 0 aromatic heterocycles. The van der Waals surface area contributed by atoms with Gasteiger partial charge in [-0.25, -0.2) is 0 Å². The van der Waals surface area contributed by atoms with Crippen LogP contribution in [0.4, 0.5) is 0 Å². The standard InChI is InChI=1S/C26H25NO3S.C2H6/c1-17-2-6-22(7-3-17)31-30-21-5-4-18-13-24-23-15-26-25(28-10-11-29-26)14-19(23)8-9-27(24)16-20(18)12-21;1-2/h2-7,12,14-15,24H,8-11,13,16H2,1H3;1-2H3. The third kappa shape index (κ3) is 4.57. The molecular formula is C28H31NO3S. The highest BCUT2D eigenvalue weighted by atomic mass is 32.2. The summed E-state index contributed by atoms with van der Waals surface area (Å²) in [4.78, 5) is 3.71. The zero-order chi connectivity index (χ0) is 22.8. The van der Waals surface area contributed by atoms with Crippen molar-refractivity contribution >= 4 is 12.0 Å². The van der Waals surface area contributed by atoms with Gasteiger partial charge in [0, 0.05) is 24.0 Å². The molecule has 0 N–H and O–H groups in total. The second-order valence-electron chi connectivity index (χ2n) is 8.55. The maximum absolute atomic E-state index is 6.02. The predicted octanol–water partition coefficient (Wildman–Crippen LogP) is 6.53. The molecule has 3 aliphatic rings. The van der Waals surface area contributed by atoms with Crippen LogP contribution >= 0.6 is 12.0 Å². The highest BCUT2D eigenvalue weighted by Gasteiger charge is 2.33. The Morgan fingerprint density at radius 1 is 0.879 bits per heavy atom. The Morgan fingerprint density at radius 2 is 1.64 bits per heavy atom. The van der Waals surface area contributed by atoms with E-state index in [0.29, 0.717) is 19.3 Å². The monoisotopic (exact) mass is 461 g/mol. The van der Waals surface area contributed by atoms with E-state index in [0.717, 1.165) is 48.1 Å². The average molecular weight is 462 g/mol. The minimum atomic E-state index is 0.403. The molecule has 0 saturated carbocycles. The zero-order valence-electron chi connectivity index (χ0n) is 19.6. The highest BCUT2D eigenvalue weighted by Crippen LogP contribution is 2.43. The summed E-state index contributed by atoms with van der Waals surface area (Å²) in [6.45, 7) is 9.40. The second-order valence-corrected chi connectivity index (χ2v) is 9.35. The molecule has 0 fully saturated rings. The maximum atomic E-state index is 6.02. The van der Waals surface area contributed by atoms with Crippen molar-refractivity contribution in [2.75, 3.05) is 19.8 Å². The molecule has 33 heavy (non-hydrogen) atoms. The van der Waals surface area contributed by atoms with Gasteiger partial charge < -0.3 is 13.7 Å². The number of benzene rings is 3. The summed E-state index contributed by atoms with van der Waals surface area (Å²) < 4.78 is 17.7. The van der Waals surface area contributed by atoms with Gasteiger partial charge in [-0.05, 0) is 78.4 Å². The SMILES string of the molecule is CC.Cc1ccc(SOc2ccc3c(c2)CN2CCc4cc5c(cc4C2C3)OCCO5)cc1. The molecule has 0 radical (unpaired) electrons. The molecule has 0 saturated heterocycles. The smallest absolute Gasteiger partial charge is 0.161 e. The number of hydrogen-bond donors (Lipinski definition) is 0. The van der Waals surface area contributed by atoms with Crippen LogP contribution in [0.3, 0.4) is 0 Å². The average Bonchev–Trinajstić information content (AvgIpc) is 2.87. The lowest BCUT2D eigenvalue weighted by molar-refractivity contribution is 0.153. The van der Waals surface area contributed by atoms with Crippen molar-refractivity contribution in [2.24, 2.45) is 0 Å². The first-order valence-electron chi connectivity index (χ1n) is 11.9. The number of aryl methyl sites for hydroxylation is 1. The van der Waals surface area contributed by atoms with Crippen LogP contribution in [0, 0.1) is 6.92 Å². The van der Waals surface area contributed by atoms with Gasteiger partial charge in [-0.2, -0.15) is 0 Å². The van der Waals surface area contributed by atoms with Crippen molar-refractivity contribution < 1.29 is 13.7 Å². The molecule has 4 nitrogen and oxygen atoms in total. The lowest BCUT2D eigenvalue weighted by Crippen LogP contribution is -2.39. The van der Waals surface area contributed by atoms with E-state index in [9.17, 15) is 0 Å². The molecule has 172 valence electrons. The van der Waals surface area contributed by atoms with Gasteiger partial charge in [0.1, 0.15) is 19.0 Å². The first-order chi connectivity index (χ1) is 16.2. The highest BCUT2D eigenvalue weighted by molar-refractivity contribution is 7.95. The van der Waals surface area contributed by atoms with Crippen molar-refractivity contribution in [3.05, 3.63) is 82.4 Å². The van der Waals surface area contributed by atoms with Gasteiger partial charge >= 0.3 is 0 Å². The molecule has 0 amide bonds. The normalized spacial score (nSPS) is 18.2. The van der Waals surface area contributed by atoms with E-state index in [4.69, 9.17) is 13.7 Å². The molecule has 5 heteroatoms. The molecule has 3 heterocycles. The van der Waals surface area contributed by atoms with E-state index in [1.807, 2.05) is 13.8 Å². The first-order valence-corrected chi connectivity index (χ1v) is 12.7. The van der Waals surface area contributed by atoms with Crippen molar-refractivity contribution in [1.29, 1.82) is 0 Å². The van der Waals surface area contributed by atoms with Crippen LogP contribution in [0.15, 0.2) is 59.5 Å². The molecule has 1 unspecified atom stereocenters. The van der Waals surface area contributed by atoms with Crippen LogP contribution in [-0.2, 0) is 19.4 Å². The Morgan fingerprint density at radius 3 is 2.42 bits per heavy atom. The maximum Gasteiger partial charge on any atom is 0.161 e. The van der Waals surface area contributed by atoms with Crippen LogP contribution in [-0.4, -0.2) is 24.7 Å². The molecule has 6 rings (SSSR count). The molecule has 1 atom stereocenters. The Hall–Kier alpha value is -2.63. The van der Waals surface area contributed by atoms with E-state index in [2.05, 4.69) is 66.4 Å². The van der Waals surface area contributed by atoms with Gasteiger partial charge in [0.2, 0.25) is 0 Å². The minimum Gasteiger partial charge on any atom is -0.486 e. The fraction of sp³-hybridized carbons (Fsp3) is 0.357. The van der Waals surface area contributed by atoms with Crippen LogP contribution in [0.25, 0.3) is 0 Å². The zero-order valence-corrected chi connectivity index (χ0v) is 20.4. The summed E-state index contributed by atoms with van der Waals surface area (Å²) in [7, 11) is 0. The van der Waals surface area contributed by atoms with Gasteiger partial charge in [-0.1, -0.05) is 37.6 Å². The number of nitrogens with zero attached hydrogens (tertiary/aromatic N) is 1. The van der Waals surface area contributed by atoms with Crippen molar-refractivity contribution in [3.63, 3.8) is 0 Å². The summed E-state index contributed by atoms with van der Waals surface area (Å²) in [5.41, 5.74) is 6.85. The van der Waals surface area contributed by atoms with E-state index in [1.165, 1.54) is 39.9 Å². The minimum absolute atomic E-state index is 0.403. The topological polar surface area (TPSA) is 30.9 Å². The second kappa shape index (κ2) is 9.70. The quantitative estimate of drug-likeness (QED) is 0.414. The van der Waals surface area contributed by atoms with Crippen molar-refractivity contribution in [3.8, 4) is 17.2 Å². The molecule has 0 aliphatic carbocycles. The van der Waals surface area contributed by atoms with Crippen molar-refractivity contribution in [1.82, 2.24) is 4.90 Å². The Labute approximate surface area is 201 Å². The summed E-state index contributed by atoms with van der Waals surface area (Å²) >= 11 is 1.42. The number of rotatable bonds is 3. The van der Waals surface area contributed by atoms with E-state index in [1.54, 1.807) is 0 Å². The third-order valence-electron chi connectivity index (χ3n) is 6.49. The Kier molecular flexibility index (Phi) is 6.52. The van der Waals surface area contributed by atoms with Gasteiger partial charge in [0.25, 0.3) is 0 Å². The van der Waals surface area contributed by atoms with Gasteiger partial charge in [-0.3, -0.25) is 4.90 Å². The predicted molar refractivity (Wildman–Crippen MR) is 133 cm³/mol. The molecular weight excluding hydrogens is 430 g/mol. The molecule has 3 aromatic carbocycles. The molecule has 0 bridgehead atoms. The molecule has 3 aromatic rings. The van der Waals surface area contributed by atoms with Gasteiger partial charge in [-0.15, -0.1) is 0 Å². The largest absolute Gasteiger partial charge is 0.486 e. The Bertz CT molecular complexity index is 1130. The first kappa shape index (κ1) is 22.2. The summed E-state index contributed by atoms with van der Waals surface area (Å²) in [6.07, 6.45) is 2.07. The van der Waals surface area contributed by atoms with Crippen LogP contribution in [0.1, 0.15) is 47.7 Å². The number of hydrogen-bond acceptors (Lipinski definition) is 5. The van der Waals surface area contributed by atoms with E-state index in [-0.39, 0.29) is 0 Å². The lowest BCUT2D eigenvalue weighted by Gasteiger charge is -2.42. The van der Waals surface area contributed by atoms with Crippen LogP contribution < -0.4 is 13.7 Å². The lowest BCUT2D eigenvalue weighted by atomic mass is 9.84. The summed E-state index contributed by atoms with van der Waals surface area (Å²) in [6, 6.07) is 19.8. The number of ether oxygens (including phenoxy) is 2. The van der Waals surface area contributed by atoms with Crippen molar-refractivity contribution in [2.45, 2.75) is 51.1 Å². The third-order valence-corrected chi connectivity index (χ3v) is 7.23. The molecule has 0 spiro atoms. The van der Waals surface area contributed by atoms with E-state index < -0.39 is 0 Å². The van der Waals surface area contributed by atoms with Gasteiger partial charge in [0.05, 0.1) is 12.0 Å². The summed E-state index contributed by atoms with van der Waals surface area (Å²) in [5.74, 6) is 2.72. The van der Waals surface area contributed by atoms with E-state index >= 15 is 0 Å². The van der Waals surface area contributed by atoms with Crippen LogP contribution in [0.2, 0.25) is 0 Å². The molecule has 3 aliphatic heterocycles. The number of fused-ring (bicyclic) bond motifs is 5.